The van der Waals surface area contributed by atoms with Gasteiger partial charge in [0.05, 0.1) is 10.2 Å². The summed E-state index contributed by atoms with van der Waals surface area (Å²) in [4.78, 5) is 3.09. The number of fused-ring (bicyclic) bond motifs is 1. The number of aromatic amines is 1. The Morgan fingerprint density at radius 3 is 2.35 bits per heavy atom. The van der Waals surface area contributed by atoms with Gasteiger partial charge in [-0.15, -0.1) is 11.3 Å². The van der Waals surface area contributed by atoms with Crippen LogP contribution in [0.25, 0.3) is 10.2 Å². The molecule has 2 fully saturated rings. The van der Waals surface area contributed by atoms with Crippen LogP contribution in [0.5, 0.6) is 0 Å². The molecule has 4 heteroatoms. The third-order valence-electron chi connectivity index (χ3n) is 5.53. The Morgan fingerprint density at radius 2 is 1.65 bits per heavy atom. The van der Waals surface area contributed by atoms with Crippen LogP contribution in [0, 0.1) is 9.87 Å². The van der Waals surface area contributed by atoms with Crippen molar-refractivity contribution in [2.24, 2.45) is 11.7 Å². The molecule has 2 saturated carbocycles. The third-order valence-corrected chi connectivity index (χ3v) is 6.74. The van der Waals surface area contributed by atoms with E-state index in [4.69, 9.17) is 18.0 Å². The van der Waals surface area contributed by atoms with Crippen LogP contribution < -0.4 is 5.73 Å². The molecule has 1 heterocycles. The molecule has 0 amide bonds. The number of hydrogen-bond donors (Lipinski definition) is 2. The van der Waals surface area contributed by atoms with Crippen molar-refractivity contribution < 1.29 is 0 Å². The van der Waals surface area contributed by atoms with E-state index in [2.05, 4.69) is 11.1 Å². The lowest BCUT2D eigenvalue weighted by atomic mass is 9.68. The molecule has 2 aromatic rings. The van der Waals surface area contributed by atoms with E-state index in [0.717, 1.165) is 15.4 Å². The van der Waals surface area contributed by atoms with Crippen molar-refractivity contribution in [3.8, 4) is 0 Å². The first-order valence-corrected chi connectivity index (χ1v) is 10.3. The van der Waals surface area contributed by atoms with Gasteiger partial charge in [0.25, 0.3) is 0 Å². The molecule has 0 bridgehead atoms. The van der Waals surface area contributed by atoms with Crippen LogP contribution >= 0.6 is 23.6 Å². The summed E-state index contributed by atoms with van der Waals surface area (Å²) in [7, 11) is 0. The highest BCUT2D eigenvalue weighted by Gasteiger charge is 2.36. The van der Waals surface area contributed by atoms with E-state index < -0.39 is 0 Å². The van der Waals surface area contributed by atoms with Gasteiger partial charge >= 0.3 is 0 Å². The number of nitrogens with two attached hydrogens (primary N) is 1. The highest BCUT2D eigenvalue weighted by Crippen LogP contribution is 2.39. The van der Waals surface area contributed by atoms with E-state index in [1.54, 1.807) is 11.3 Å². The lowest BCUT2D eigenvalue weighted by Gasteiger charge is -2.42. The number of hydrogen-bond acceptors (Lipinski definition) is 3. The second-order valence-corrected chi connectivity index (χ2v) is 8.86. The van der Waals surface area contributed by atoms with Crippen molar-refractivity contribution in [3.63, 3.8) is 0 Å². The van der Waals surface area contributed by atoms with Crippen LogP contribution in [0.1, 0.15) is 64.2 Å². The minimum absolute atomic E-state index is 0.249. The number of thiazole rings is 1. The monoisotopic (exact) mass is 348 g/mol. The fourth-order valence-electron chi connectivity index (χ4n) is 4.19. The standard InChI is InChI=1S/C12H23N.C7H5NS2/c13-12(9-5-2-6-10-12)11-7-3-1-4-8-11;9-7-8-5-3-1-2-4-6(5)10-7/h11H,1-10,13H2;1-4H,(H,8,9). The molecular formula is C19H28N2S2. The van der Waals surface area contributed by atoms with Gasteiger partial charge in [0, 0.05) is 5.54 Å². The second kappa shape index (κ2) is 7.91. The Labute approximate surface area is 148 Å². The summed E-state index contributed by atoms with van der Waals surface area (Å²) in [6.07, 6.45) is 13.9. The van der Waals surface area contributed by atoms with Gasteiger partial charge in [0.15, 0.2) is 3.95 Å². The Kier molecular flexibility index (Phi) is 5.89. The molecule has 2 nitrogen and oxygen atoms in total. The quantitative estimate of drug-likeness (QED) is 0.604. The molecule has 2 aliphatic rings. The van der Waals surface area contributed by atoms with E-state index >= 15 is 0 Å². The molecular weight excluding hydrogens is 320 g/mol. The zero-order valence-electron chi connectivity index (χ0n) is 13.9. The first-order valence-electron chi connectivity index (χ1n) is 9.04. The normalized spacial score (nSPS) is 21.6. The molecule has 0 spiro atoms. The van der Waals surface area contributed by atoms with Crippen LogP contribution in [-0.2, 0) is 0 Å². The largest absolute Gasteiger partial charge is 0.337 e. The van der Waals surface area contributed by atoms with Gasteiger partial charge in [-0.25, -0.2) is 0 Å². The summed E-state index contributed by atoms with van der Waals surface area (Å²) in [5.41, 5.74) is 7.92. The third kappa shape index (κ3) is 4.43. The molecule has 3 N–H and O–H groups in total. The Bertz CT molecular complexity index is 625. The molecule has 126 valence electrons. The van der Waals surface area contributed by atoms with E-state index in [0.29, 0.717) is 0 Å². The van der Waals surface area contributed by atoms with E-state index in [1.165, 1.54) is 68.9 Å². The molecule has 1 aromatic carbocycles. The lowest BCUT2D eigenvalue weighted by Crippen LogP contribution is -2.49. The SMILES string of the molecule is NC1(C2CCCCC2)CCCCC1.S=c1[nH]c2ccccc2s1. The average Bonchev–Trinajstić information content (AvgIpc) is 2.97. The number of aromatic nitrogens is 1. The number of H-pyrrole nitrogens is 1. The van der Waals surface area contributed by atoms with Gasteiger partial charge in [0.1, 0.15) is 0 Å². The Morgan fingerprint density at radius 1 is 1.00 bits per heavy atom. The van der Waals surface area contributed by atoms with Gasteiger partial charge in [-0.2, -0.15) is 0 Å². The van der Waals surface area contributed by atoms with Gasteiger partial charge < -0.3 is 10.7 Å². The summed E-state index contributed by atoms with van der Waals surface area (Å²) >= 11 is 6.59. The molecule has 0 aliphatic heterocycles. The minimum atomic E-state index is 0.249. The van der Waals surface area contributed by atoms with Crippen LogP contribution in [0.15, 0.2) is 24.3 Å². The first-order chi connectivity index (χ1) is 11.2. The Balaban J connectivity index is 0.000000140. The molecule has 0 radical (unpaired) electrons. The number of benzene rings is 1. The van der Waals surface area contributed by atoms with Gasteiger partial charge in [-0.3, -0.25) is 0 Å². The topological polar surface area (TPSA) is 41.8 Å². The van der Waals surface area contributed by atoms with Crippen LogP contribution in [-0.4, -0.2) is 10.5 Å². The minimum Gasteiger partial charge on any atom is -0.337 e. The maximum Gasteiger partial charge on any atom is 0.159 e. The Hall–Kier alpha value is -0.710. The predicted molar refractivity (Wildman–Crippen MR) is 104 cm³/mol. The molecule has 0 unspecified atom stereocenters. The molecule has 4 rings (SSSR count). The van der Waals surface area contributed by atoms with Gasteiger partial charge in [0.2, 0.25) is 0 Å². The highest BCUT2D eigenvalue weighted by molar-refractivity contribution is 7.73. The van der Waals surface area contributed by atoms with E-state index in [-0.39, 0.29) is 5.54 Å². The van der Waals surface area contributed by atoms with Crippen LogP contribution in [0.3, 0.4) is 0 Å². The zero-order chi connectivity index (χ0) is 16.1. The van der Waals surface area contributed by atoms with Gasteiger partial charge in [-0.05, 0) is 56.0 Å². The lowest BCUT2D eigenvalue weighted by molar-refractivity contribution is 0.154. The summed E-state index contributed by atoms with van der Waals surface area (Å²) in [5.74, 6) is 0.863. The van der Waals surface area contributed by atoms with Crippen molar-refractivity contribution in [1.29, 1.82) is 0 Å². The van der Waals surface area contributed by atoms with Crippen molar-refractivity contribution in [2.45, 2.75) is 69.7 Å². The van der Waals surface area contributed by atoms with Crippen molar-refractivity contribution in [2.75, 3.05) is 0 Å². The smallest absolute Gasteiger partial charge is 0.159 e. The first kappa shape index (κ1) is 17.1. The fraction of sp³-hybridized carbons (Fsp3) is 0.632. The molecule has 0 saturated heterocycles. The number of rotatable bonds is 1. The van der Waals surface area contributed by atoms with Gasteiger partial charge in [-0.1, -0.05) is 50.7 Å². The zero-order valence-corrected chi connectivity index (χ0v) is 15.5. The summed E-state index contributed by atoms with van der Waals surface area (Å²) in [6.45, 7) is 0. The maximum absolute atomic E-state index is 6.53. The summed E-state index contributed by atoms with van der Waals surface area (Å²) in [5, 5.41) is 0. The van der Waals surface area contributed by atoms with Crippen molar-refractivity contribution >= 4 is 33.8 Å². The number of para-hydroxylation sites is 1. The highest BCUT2D eigenvalue weighted by atomic mass is 32.1. The maximum atomic E-state index is 6.53. The molecule has 2 aliphatic carbocycles. The van der Waals surface area contributed by atoms with Crippen LogP contribution in [0.4, 0.5) is 0 Å². The summed E-state index contributed by atoms with van der Waals surface area (Å²) in [6, 6.07) is 8.11. The van der Waals surface area contributed by atoms with E-state index in [9.17, 15) is 0 Å². The average molecular weight is 349 g/mol. The molecule has 23 heavy (non-hydrogen) atoms. The van der Waals surface area contributed by atoms with Crippen molar-refractivity contribution in [1.82, 2.24) is 4.98 Å². The van der Waals surface area contributed by atoms with Crippen molar-refractivity contribution in [3.05, 3.63) is 28.2 Å². The summed E-state index contributed by atoms with van der Waals surface area (Å²) < 4.78 is 2.08. The number of nitrogens with one attached hydrogen (secondary N) is 1. The second-order valence-electron chi connectivity index (χ2n) is 7.14. The predicted octanol–water partition coefficient (Wildman–Crippen LogP) is 6.19. The fourth-order valence-corrected chi connectivity index (χ4v) is 5.31. The molecule has 1 aromatic heterocycles. The van der Waals surface area contributed by atoms with E-state index in [1.807, 2.05) is 18.2 Å². The van der Waals surface area contributed by atoms with Crippen LogP contribution in [0.2, 0.25) is 0 Å². The molecule has 0 atom stereocenters.